The molecule has 2 aliphatic heterocycles. The summed E-state index contributed by atoms with van der Waals surface area (Å²) in [5, 5.41) is 3.39. The van der Waals surface area contributed by atoms with Gasteiger partial charge in [0.05, 0.1) is 5.41 Å². The lowest BCUT2D eigenvalue weighted by Crippen LogP contribution is -2.45. The normalized spacial score (nSPS) is 27.2. The average Bonchev–Trinajstić information content (AvgIpc) is 2.72. The second-order valence-corrected chi connectivity index (χ2v) is 6.79. The van der Waals surface area contributed by atoms with Gasteiger partial charge in [-0.05, 0) is 60.0 Å². The molecule has 2 saturated heterocycles. The van der Waals surface area contributed by atoms with E-state index >= 15 is 0 Å². The molecule has 0 bridgehead atoms. The fourth-order valence-electron chi connectivity index (χ4n) is 3.24. The molecule has 1 N–H and O–H groups in total. The van der Waals surface area contributed by atoms with Crippen LogP contribution in [0.1, 0.15) is 24.8 Å². The number of rotatable bonds is 2. The molecular weight excluding hydrogens is 351 g/mol. The van der Waals surface area contributed by atoms with E-state index in [1.54, 1.807) is 0 Å². The summed E-state index contributed by atoms with van der Waals surface area (Å²) in [5.41, 5.74) is 1.16. The number of carbonyl (C=O) groups excluding carboxylic acids is 1. The summed E-state index contributed by atoms with van der Waals surface area (Å²) >= 11 is 2.35. The second-order valence-electron chi connectivity index (χ2n) is 5.63. The maximum Gasteiger partial charge on any atom is 0.230 e. The Balaban J connectivity index is 1.74. The smallest absolute Gasteiger partial charge is 0.230 e. The third kappa shape index (κ3) is 2.52. The van der Waals surface area contributed by atoms with Crippen molar-refractivity contribution in [3.63, 3.8) is 0 Å². The zero-order valence-electron chi connectivity index (χ0n) is 11.0. The van der Waals surface area contributed by atoms with E-state index in [2.05, 4.69) is 46.1 Å². The number of nitrogens with zero attached hydrogens (tertiary/aromatic N) is 1. The number of halogens is 1. The van der Waals surface area contributed by atoms with Gasteiger partial charge in [-0.15, -0.1) is 0 Å². The molecule has 3 rings (SSSR count). The van der Waals surface area contributed by atoms with E-state index in [0.717, 1.165) is 45.4 Å². The summed E-state index contributed by atoms with van der Waals surface area (Å²) in [6, 6.07) is 8.33. The van der Waals surface area contributed by atoms with Crippen molar-refractivity contribution in [1.82, 2.24) is 10.2 Å². The first-order valence-corrected chi connectivity index (χ1v) is 8.03. The van der Waals surface area contributed by atoms with Crippen molar-refractivity contribution in [3.05, 3.63) is 33.4 Å². The molecule has 0 aromatic heterocycles. The van der Waals surface area contributed by atoms with E-state index in [0.29, 0.717) is 5.91 Å². The van der Waals surface area contributed by atoms with Gasteiger partial charge in [0.15, 0.2) is 0 Å². The Bertz CT molecular complexity index is 483. The van der Waals surface area contributed by atoms with Crippen molar-refractivity contribution in [2.45, 2.75) is 25.8 Å². The van der Waals surface area contributed by atoms with E-state index in [4.69, 9.17) is 0 Å². The maximum atomic E-state index is 12.7. The average molecular weight is 370 g/mol. The highest BCUT2D eigenvalue weighted by Crippen LogP contribution is 2.38. The first-order chi connectivity index (χ1) is 9.21. The lowest BCUT2D eigenvalue weighted by Gasteiger charge is -2.32. The molecule has 0 saturated carbocycles. The molecule has 1 spiro atoms. The molecule has 1 atom stereocenters. The number of likely N-dealkylation sites (tertiary alicyclic amines) is 1. The van der Waals surface area contributed by atoms with Crippen LogP contribution in [0.3, 0.4) is 0 Å². The molecule has 1 aromatic carbocycles. The summed E-state index contributed by atoms with van der Waals surface area (Å²) in [6.45, 7) is 3.60. The van der Waals surface area contributed by atoms with Gasteiger partial charge in [0.2, 0.25) is 5.91 Å². The molecule has 0 aliphatic carbocycles. The first-order valence-electron chi connectivity index (χ1n) is 6.95. The topological polar surface area (TPSA) is 32.3 Å². The summed E-state index contributed by atoms with van der Waals surface area (Å²) < 4.78 is 1.25. The van der Waals surface area contributed by atoms with Gasteiger partial charge < -0.3 is 10.2 Å². The molecule has 102 valence electrons. The highest BCUT2D eigenvalue weighted by molar-refractivity contribution is 14.1. The van der Waals surface area contributed by atoms with E-state index in [1.165, 1.54) is 9.13 Å². The molecule has 2 aliphatic rings. The minimum absolute atomic E-state index is 0.0987. The van der Waals surface area contributed by atoms with Crippen LogP contribution in [0.15, 0.2) is 24.3 Å². The largest absolute Gasteiger partial charge is 0.338 e. The minimum Gasteiger partial charge on any atom is -0.338 e. The van der Waals surface area contributed by atoms with Crippen molar-refractivity contribution in [1.29, 1.82) is 0 Å². The zero-order valence-corrected chi connectivity index (χ0v) is 13.2. The van der Waals surface area contributed by atoms with Crippen LogP contribution in [0.4, 0.5) is 0 Å². The van der Waals surface area contributed by atoms with Crippen molar-refractivity contribution < 1.29 is 4.79 Å². The summed E-state index contributed by atoms with van der Waals surface area (Å²) in [7, 11) is 0. The van der Waals surface area contributed by atoms with Gasteiger partial charge in [-0.1, -0.05) is 18.2 Å². The fraction of sp³-hybridized carbons (Fsp3) is 0.533. The van der Waals surface area contributed by atoms with Gasteiger partial charge in [-0.3, -0.25) is 4.79 Å². The fourth-order valence-corrected chi connectivity index (χ4v) is 3.80. The van der Waals surface area contributed by atoms with Crippen LogP contribution in [0.2, 0.25) is 0 Å². The molecule has 3 nitrogen and oxygen atoms in total. The number of nitrogens with one attached hydrogen (secondary N) is 1. The highest BCUT2D eigenvalue weighted by Gasteiger charge is 2.46. The van der Waals surface area contributed by atoms with Crippen LogP contribution in [-0.4, -0.2) is 30.4 Å². The van der Waals surface area contributed by atoms with Crippen molar-refractivity contribution in [2.24, 2.45) is 5.41 Å². The highest BCUT2D eigenvalue weighted by atomic mass is 127. The Kier molecular flexibility index (Phi) is 3.80. The summed E-state index contributed by atoms with van der Waals surface area (Å²) in [5.74, 6) is 0.361. The van der Waals surface area contributed by atoms with E-state index in [-0.39, 0.29) is 5.41 Å². The number of hydrogen-bond donors (Lipinski definition) is 1. The number of carbonyl (C=O) groups is 1. The summed E-state index contributed by atoms with van der Waals surface area (Å²) in [6.07, 6.45) is 3.20. The molecule has 1 amide bonds. The van der Waals surface area contributed by atoms with Crippen molar-refractivity contribution >= 4 is 28.5 Å². The van der Waals surface area contributed by atoms with E-state index in [1.807, 2.05) is 11.0 Å². The molecule has 1 unspecified atom stereocenters. The minimum atomic E-state index is -0.0987. The van der Waals surface area contributed by atoms with Crippen LogP contribution in [0.5, 0.6) is 0 Å². The number of piperidine rings is 1. The Morgan fingerprint density at radius 3 is 2.89 bits per heavy atom. The molecule has 2 heterocycles. The predicted molar refractivity (Wildman–Crippen MR) is 83.7 cm³/mol. The summed E-state index contributed by atoms with van der Waals surface area (Å²) in [4.78, 5) is 14.7. The second kappa shape index (κ2) is 5.40. The first kappa shape index (κ1) is 13.4. The van der Waals surface area contributed by atoms with Gasteiger partial charge in [0, 0.05) is 23.2 Å². The van der Waals surface area contributed by atoms with Gasteiger partial charge in [0.1, 0.15) is 0 Å². The van der Waals surface area contributed by atoms with E-state index < -0.39 is 0 Å². The van der Waals surface area contributed by atoms with Crippen LogP contribution in [0.25, 0.3) is 0 Å². The quantitative estimate of drug-likeness (QED) is 0.811. The Morgan fingerprint density at radius 2 is 2.16 bits per heavy atom. The van der Waals surface area contributed by atoms with Crippen molar-refractivity contribution in [3.8, 4) is 0 Å². The maximum absolute atomic E-state index is 12.7. The van der Waals surface area contributed by atoms with Crippen LogP contribution < -0.4 is 5.32 Å². The Labute approximate surface area is 127 Å². The molecule has 19 heavy (non-hydrogen) atoms. The number of benzene rings is 1. The Hall–Kier alpha value is -0.620. The zero-order chi connectivity index (χ0) is 13.3. The lowest BCUT2D eigenvalue weighted by molar-refractivity contribution is -0.137. The van der Waals surface area contributed by atoms with Gasteiger partial charge in [-0.2, -0.15) is 0 Å². The molecule has 1 aromatic rings. The molecule has 0 radical (unpaired) electrons. The predicted octanol–water partition coefficient (Wildman–Crippen LogP) is 2.39. The van der Waals surface area contributed by atoms with Crippen LogP contribution in [-0.2, 0) is 11.3 Å². The standard InChI is InChI=1S/C15H19IN2O/c16-13-5-2-1-4-12(13)10-18-9-7-15(14(18)19)6-3-8-17-11-15/h1-2,4-5,17H,3,6-11H2. The third-order valence-electron chi connectivity index (χ3n) is 4.39. The van der Waals surface area contributed by atoms with Crippen molar-refractivity contribution in [2.75, 3.05) is 19.6 Å². The lowest BCUT2D eigenvalue weighted by atomic mass is 9.79. The number of amides is 1. The van der Waals surface area contributed by atoms with Crippen LogP contribution in [0, 0.1) is 8.99 Å². The molecular formula is C15H19IN2O. The molecule has 2 fully saturated rings. The van der Waals surface area contributed by atoms with Gasteiger partial charge in [-0.25, -0.2) is 0 Å². The van der Waals surface area contributed by atoms with Gasteiger partial charge in [0.25, 0.3) is 0 Å². The number of hydrogen-bond acceptors (Lipinski definition) is 2. The SMILES string of the molecule is O=C1N(Cc2ccccc2I)CCC12CCCNC2. The molecule has 4 heteroatoms. The van der Waals surface area contributed by atoms with Gasteiger partial charge >= 0.3 is 0 Å². The van der Waals surface area contributed by atoms with E-state index in [9.17, 15) is 4.79 Å². The third-order valence-corrected chi connectivity index (χ3v) is 5.44. The van der Waals surface area contributed by atoms with Crippen LogP contribution >= 0.6 is 22.6 Å². The monoisotopic (exact) mass is 370 g/mol. The Morgan fingerprint density at radius 1 is 1.32 bits per heavy atom.